The van der Waals surface area contributed by atoms with Gasteiger partial charge in [0.2, 0.25) is 6.58 Å². The van der Waals surface area contributed by atoms with E-state index >= 15 is 0 Å². The minimum absolute atomic E-state index is 0.226. The van der Waals surface area contributed by atoms with Crippen molar-refractivity contribution in [2.75, 3.05) is 19.8 Å². The molecule has 0 aliphatic heterocycles. The fourth-order valence-electron chi connectivity index (χ4n) is 0.216. The van der Waals surface area contributed by atoms with Crippen LogP contribution in [0.25, 0.3) is 0 Å². The van der Waals surface area contributed by atoms with Gasteiger partial charge in [0.15, 0.2) is 0 Å². The van der Waals surface area contributed by atoms with Crippen LogP contribution in [-0.4, -0.2) is 19.8 Å². The summed E-state index contributed by atoms with van der Waals surface area (Å²) in [6.45, 7) is -1.10. The Morgan fingerprint density at radius 2 is 2.38 bits per heavy atom. The zero-order valence-electron chi connectivity index (χ0n) is 4.63. The predicted molar refractivity (Wildman–Crippen MR) is 36.3 cm³/mol. The Bertz CT molecular complexity index is 103. The largest absolute Gasteiger partial charge is 0.328 e. The molecule has 0 aliphatic carbocycles. The van der Waals surface area contributed by atoms with E-state index in [4.69, 9.17) is 5.73 Å². The maximum absolute atomic E-state index is 12.2. The molecule has 1 atom stereocenters. The van der Waals surface area contributed by atoms with Crippen LogP contribution >= 0.6 is 6.58 Å². The Kier molecular flexibility index (Phi) is 3.73. The third-order valence-electron chi connectivity index (χ3n) is 0.440. The summed E-state index contributed by atoms with van der Waals surface area (Å²) in [5.41, 5.74) is 5.02. The van der Waals surface area contributed by atoms with Crippen molar-refractivity contribution in [3.63, 3.8) is 0 Å². The van der Waals surface area contributed by atoms with Crippen molar-refractivity contribution in [3.05, 3.63) is 0 Å². The fraction of sp³-hybridized carbons (Fsp3) is 1.00. The molecule has 8 heavy (non-hydrogen) atoms. The van der Waals surface area contributed by atoms with E-state index < -0.39 is 6.58 Å². The topological polar surface area (TPSA) is 35.2 Å². The summed E-state index contributed by atoms with van der Waals surface area (Å²) in [4.78, 5) is 0. The number of rotatable bonds is 3. The third-order valence-corrected chi connectivity index (χ3v) is 1.40. The molecule has 0 saturated carbocycles. The molecule has 50 valence electrons. The van der Waals surface area contributed by atoms with Crippen LogP contribution in [0.5, 0.6) is 0 Å². The smallest absolute Gasteiger partial charge is 0.229 e. The zero-order valence-corrected chi connectivity index (χ0v) is 6.34. The molecular weight excluding hydrogens is 148 g/mol. The Labute approximate surface area is 53.4 Å². The van der Waals surface area contributed by atoms with Gasteiger partial charge in [-0.15, -0.1) is 0 Å². The highest BCUT2D eigenvalue weighted by molar-refractivity contribution is 8.09. The van der Waals surface area contributed by atoms with Crippen molar-refractivity contribution in [3.8, 4) is 0 Å². The molecule has 0 radical (unpaired) electrons. The maximum Gasteiger partial charge on any atom is 0.229 e. The molecule has 1 unspecified atom stereocenters. The van der Waals surface area contributed by atoms with Crippen molar-refractivity contribution in [2.45, 2.75) is 0 Å². The third kappa shape index (κ3) is 6.50. The Balaban J connectivity index is 3.26. The first-order chi connectivity index (χ1) is 3.56. The van der Waals surface area contributed by atoms with Gasteiger partial charge < -0.3 is 10.3 Å². The van der Waals surface area contributed by atoms with Gasteiger partial charge in [0.05, 0.1) is 6.61 Å². The second kappa shape index (κ2) is 3.51. The summed E-state index contributed by atoms with van der Waals surface area (Å²) in [5, 5.41) is 0. The molecule has 0 heterocycles. The zero-order chi connectivity index (χ0) is 6.62. The van der Waals surface area contributed by atoms with Crippen molar-refractivity contribution >= 4 is 18.4 Å². The molecule has 2 N–H and O–H groups in total. The lowest BCUT2D eigenvalue weighted by Crippen LogP contribution is -2.05. The van der Waals surface area contributed by atoms with Gasteiger partial charge in [-0.1, -0.05) is 0 Å². The van der Waals surface area contributed by atoms with Crippen molar-refractivity contribution < 1.29 is 8.72 Å². The van der Waals surface area contributed by atoms with Crippen molar-refractivity contribution in [1.82, 2.24) is 0 Å². The lowest BCUT2D eigenvalue weighted by atomic mass is 10.8. The number of hydrogen-bond acceptors (Lipinski definition) is 3. The van der Waals surface area contributed by atoms with Gasteiger partial charge in [-0.2, -0.15) is 4.20 Å². The average molecular weight is 157 g/mol. The fourth-order valence-corrected chi connectivity index (χ4v) is 0.871. The summed E-state index contributed by atoms with van der Waals surface area (Å²) in [5.74, 6) is 0. The second-order valence-electron chi connectivity index (χ2n) is 1.37. The maximum atomic E-state index is 12.2. The van der Waals surface area contributed by atoms with E-state index in [1.807, 2.05) is 0 Å². The first-order valence-corrected chi connectivity index (χ1v) is 5.24. The van der Waals surface area contributed by atoms with Crippen LogP contribution in [-0.2, 0) is 16.3 Å². The standard InChI is InChI=1S/C3H9FNOPS/c1-7(4,8)6-3-2-5/h2-3,5H2,1H3. The minimum Gasteiger partial charge on any atom is -0.328 e. The molecule has 0 bridgehead atoms. The van der Waals surface area contributed by atoms with Gasteiger partial charge in [-0.05, 0) is 11.8 Å². The van der Waals surface area contributed by atoms with Crippen LogP contribution in [0.2, 0.25) is 0 Å². The van der Waals surface area contributed by atoms with Crippen LogP contribution in [0.1, 0.15) is 0 Å². The molecule has 0 rings (SSSR count). The van der Waals surface area contributed by atoms with E-state index in [2.05, 4.69) is 16.3 Å². The Morgan fingerprint density at radius 3 is 2.50 bits per heavy atom. The molecule has 5 heteroatoms. The number of nitrogens with two attached hydrogens (primary N) is 1. The second-order valence-corrected chi connectivity index (χ2v) is 5.08. The number of hydrogen-bond donors (Lipinski definition) is 1. The summed E-state index contributed by atoms with van der Waals surface area (Å²) in [6.07, 6.45) is 0. The Morgan fingerprint density at radius 1 is 1.88 bits per heavy atom. The SMILES string of the molecule is CP(F)(=S)OCCN. The highest BCUT2D eigenvalue weighted by atomic mass is 32.5. The minimum atomic E-state index is -2.93. The van der Waals surface area contributed by atoms with E-state index in [1.165, 1.54) is 6.66 Å². The number of halogens is 1. The first kappa shape index (κ1) is 8.50. The molecule has 0 saturated heterocycles. The van der Waals surface area contributed by atoms with E-state index in [0.717, 1.165) is 0 Å². The predicted octanol–water partition coefficient (Wildman–Crippen LogP) is 0.871. The lowest BCUT2D eigenvalue weighted by molar-refractivity contribution is 0.345. The van der Waals surface area contributed by atoms with Crippen LogP contribution in [0.15, 0.2) is 0 Å². The van der Waals surface area contributed by atoms with Gasteiger partial charge in [0, 0.05) is 13.2 Å². The van der Waals surface area contributed by atoms with Crippen molar-refractivity contribution in [1.29, 1.82) is 0 Å². The summed E-state index contributed by atoms with van der Waals surface area (Å²) < 4.78 is 16.7. The quantitative estimate of drug-likeness (QED) is 0.617. The van der Waals surface area contributed by atoms with E-state index in [-0.39, 0.29) is 6.61 Å². The van der Waals surface area contributed by atoms with Gasteiger partial charge in [0.25, 0.3) is 0 Å². The Hall–Kier alpha value is 0.500. The lowest BCUT2D eigenvalue weighted by Gasteiger charge is -2.04. The van der Waals surface area contributed by atoms with Crippen LogP contribution in [0.3, 0.4) is 0 Å². The van der Waals surface area contributed by atoms with Gasteiger partial charge in [-0.3, -0.25) is 0 Å². The van der Waals surface area contributed by atoms with Gasteiger partial charge >= 0.3 is 0 Å². The van der Waals surface area contributed by atoms with Crippen LogP contribution in [0, 0.1) is 0 Å². The highest BCUT2D eigenvalue weighted by Crippen LogP contribution is 2.43. The van der Waals surface area contributed by atoms with Crippen LogP contribution in [0.4, 0.5) is 4.20 Å². The van der Waals surface area contributed by atoms with E-state index in [0.29, 0.717) is 6.54 Å². The highest BCUT2D eigenvalue weighted by Gasteiger charge is 2.04. The molecule has 0 aliphatic rings. The van der Waals surface area contributed by atoms with Crippen molar-refractivity contribution in [2.24, 2.45) is 5.73 Å². The molecule has 0 aromatic rings. The summed E-state index contributed by atoms with van der Waals surface area (Å²) in [6, 6.07) is 0. The normalized spacial score (nSPS) is 17.9. The summed E-state index contributed by atoms with van der Waals surface area (Å²) in [7, 11) is 0. The van der Waals surface area contributed by atoms with E-state index in [9.17, 15) is 4.20 Å². The van der Waals surface area contributed by atoms with E-state index in [1.54, 1.807) is 0 Å². The first-order valence-electron chi connectivity index (χ1n) is 2.18. The average Bonchev–Trinajstić information content (AvgIpc) is 1.59. The van der Waals surface area contributed by atoms with Gasteiger partial charge in [0.1, 0.15) is 0 Å². The van der Waals surface area contributed by atoms with Gasteiger partial charge in [-0.25, -0.2) is 0 Å². The molecule has 0 aromatic carbocycles. The van der Waals surface area contributed by atoms with Crippen LogP contribution < -0.4 is 5.73 Å². The molecular formula is C3H9FNOPS. The molecule has 0 fully saturated rings. The molecule has 0 aromatic heterocycles. The molecule has 0 amide bonds. The summed E-state index contributed by atoms with van der Waals surface area (Å²) >= 11 is 4.32. The molecule has 2 nitrogen and oxygen atoms in total. The monoisotopic (exact) mass is 157 g/mol. The molecule has 0 spiro atoms.